The molecule has 6 aromatic carbocycles. The minimum absolute atomic E-state index is 0.0786. The molecular weight excluding hydrogens is 607 g/mol. The van der Waals surface area contributed by atoms with E-state index in [0.717, 1.165) is 39.3 Å². The molecule has 12 rings (SSSR count). The van der Waals surface area contributed by atoms with E-state index in [9.17, 15) is 5.26 Å². The number of para-hydroxylation sites is 5. The summed E-state index contributed by atoms with van der Waals surface area (Å²) >= 11 is 0. The Morgan fingerprint density at radius 3 is 1.68 bits per heavy atom. The maximum Gasteiger partial charge on any atom is 0.0991 e. The number of anilines is 3. The minimum Gasteiger partial charge on any atom is -0.309 e. The number of nitrogens with zero attached hydrogens (tertiary/aromatic N) is 3. The highest BCUT2D eigenvalue weighted by Crippen LogP contribution is 2.69. The molecule has 4 saturated carbocycles. The molecule has 3 nitrogen and oxygen atoms in total. The molecule has 5 aliphatic rings. The average molecular weight is 644 g/mol. The van der Waals surface area contributed by atoms with E-state index in [1.165, 1.54) is 71.4 Å². The number of aromatic nitrogens is 1. The van der Waals surface area contributed by atoms with E-state index in [-0.39, 0.29) is 5.41 Å². The Kier molecular flexibility index (Phi) is 5.91. The Morgan fingerprint density at radius 1 is 0.500 bits per heavy atom. The molecule has 4 fully saturated rings. The van der Waals surface area contributed by atoms with Crippen molar-refractivity contribution in [2.24, 2.45) is 23.7 Å². The minimum atomic E-state index is 0.0786. The Morgan fingerprint density at radius 2 is 1.02 bits per heavy atom. The molecule has 1 aliphatic heterocycles. The van der Waals surface area contributed by atoms with Gasteiger partial charge in [0, 0.05) is 27.3 Å². The summed E-state index contributed by atoms with van der Waals surface area (Å²) < 4.78 is 2.39. The van der Waals surface area contributed by atoms with Crippen molar-refractivity contribution in [2.45, 2.75) is 37.5 Å². The summed E-state index contributed by atoms with van der Waals surface area (Å²) in [6.07, 6.45) is 6.93. The van der Waals surface area contributed by atoms with Crippen LogP contribution in [0.5, 0.6) is 0 Å². The van der Waals surface area contributed by atoms with Crippen LogP contribution in [0.25, 0.3) is 38.6 Å². The van der Waals surface area contributed by atoms with E-state index in [4.69, 9.17) is 0 Å². The monoisotopic (exact) mass is 643 g/mol. The molecule has 2 heterocycles. The molecule has 0 unspecified atom stereocenters. The second-order valence-corrected chi connectivity index (χ2v) is 15.3. The first-order chi connectivity index (χ1) is 24.7. The van der Waals surface area contributed by atoms with E-state index < -0.39 is 0 Å². The van der Waals surface area contributed by atoms with Crippen molar-refractivity contribution in [1.82, 2.24) is 4.57 Å². The second-order valence-electron chi connectivity index (χ2n) is 15.3. The molecule has 0 amide bonds. The van der Waals surface area contributed by atoms with Crippen molar-refractivity contribution >= 4 is 38.9 Å². The maximum atomic E-state index is 9.76. The summed E-state index contributed by atoms with van der Waals surface area (Å²) in [5.74, 6) is 3.22. The lowest BCUT2D eigenvalue weighted by Gasteiger charge is -2.64. The van der Waals surface area contributed by atoms with Crippen LogP contribution in [0, 0.1) is 35.0 Å². The van der Waals surface area contributed by atoms with E-state index >= 15 is 0 Å². The predicted molar refractivity (Wildman–Crippen MR) is 203 cm³/mol. The van der Waals surface area contributed by atoms with Gasteiger partial charge >= 0.3 is 0 Å². The molecule has 3 heteroatoms. The molecule has 1 aromatic heterocycles. The third-order valence-corrected chi connectivity index (χ3v) is 13.0. The van der Waals surface area contributed by atoms with Crippen LogP contribution in [0.3, 0.4) is 0 Å². The van der Waals surface area contributed by atoms with Crippen LogP contribution in [0.15, 0.2) is 140 Å². The first-order valence-corrected chi connectivity index (χ1v) is 18.3. The van der Waals surface area contributed by atoms with Crippen LogP contribution in [-0.2, 0) is 5.41 Å². The van der Waals surface area contributed by atoms with Crippen LogP contribution < -0.4 is 4.90 Å². The highest BCUT2D eigenvalue weighted by atomic mass is 15.2. The average Bonchev–Trinajstić information content (AvgIpc) is 3.49. The van der Waals surface area contributed by atoms with Gasteiger partial charge in [-0.05, 0) is 115 Å². The summed E-state index contributed by atoms with van der Waals surface area (Å²) in [7, 11) is 0. The molecule has 0 N–H and O–H groups in total. The number of nitriles is 1. The van der Waals surface area contributed by atoms with E-state index in [1.807, 2.05) is 12.1 Å². The molecule has 0 atom stereocenters. The Bertz CT molecular complexity index is 2470. The van der Waals surface area contributed by atoms with Crippen LogP contribution in [0.2, 0.25) is 0 Å². The Hall–Kier alpha value is -5.59. The molecular formula is C47H37N3. The van der Waals surface area contributed by atoms with Gasteiger partial charge in [-0.2, -0.15) is 5.26 Å². The van der Waals surface area contributed by atoms with Gasteiger partial charge in [0.15, 0.2) is 0 Å². The van der Waals surface area contributed by atoms with Crippen molar-refractivity contribution in [3.05, 3.63) is 156 Å². The normalized spacial score (nSPS) is 22.5. The summed E-state index contributed by atoms with van der Waals surface area (Å²) in [4.78, 5) is 2.58. The van der Waals surface area contributed by atoms with Gasteiger partial charge in [-0.3, -0.25) is 0 Å². The molecule has 0 radical (unpaired) electrons. The SMILES string of the molecule is N#Cc1ccc2c(c1)c1ccccc1n2-c1ccccc1-c1ccccc1N1c2ccccc2C2(c3ccccc31)C1CC3CC(C1)CC2C3. The van der Waals surface area contributed by atoms with Gasteiger partial charge in [0.1, 0.15) is 0 Å². The van der Waals surface area contributed by atoms with Gasteiger partial charge < -0.3 is 9.47 Å². The molecule has 4 aliphatic carbocycles. The van der Waals surface area contributed by atoms with Crippen LogP contribution in [0.4, 0.5) is 17.1 Å². The fourth-order valence-corrected chi connectivity index (χ4v) is 11.5. The molecule has 1 spiro atoms. The lowest BCUT2D eigenvalue weighted by molar-refractivity contribution is -0.0419. The number of hydrogen-bond acceptors (Lipinski definition) is 2. The molecule has 7 aromatic rings. The van der Waals surface area contributed by atoms with Crippen molar-refractivity contribution < 1.29 is 0 Å². The quantitative estimate of drug-likeness (QED) is 0.192. The molecule has 240 valence electrons. The van der Waals surface area contributed by atoms with Crippen molar-refractivity contribution in [2.75, 3.05) is 4.90 Å². The van der Waals surface area contributed by atoms with Gasteiger partial charge in [0.05, 0.1) is 45.4 Å². The van der Waals surface area contributed by atoms with Gasteiger partial charge in [0.25, 0.3) is 0 Å². The highest BCUT2D eigenvalue weighted by molar-refractivity contribution is 6.10. The standard InChI is InChI=1S/C47H37N3/c48-29-30-21-22-44-38(28-30)37-13-3-8-18-43(37)49(44)41-16-6-1-11-35(41)36-12-2-7-17-42(36)50-45-19-9-4-14-39(45)47(40-15-5-10-20-46(40)50)33-24-31-23-32(26-33)27-34(47)25-31/h1-22,28,31-34H,23-27H2. The maximum absolute atomic E-state index is 9.76. The fraction of sp³-hybridized carbons (Fsp3) is 0.213. The summed E-state index contributed by atoms with van der Waals surface area (Å²) in [6, 6.07) is 53.7. The molecule has 4 bridgehead atoms. The summed E-state index contributed by atoms with van der Waals surface area (Å²) in [5.41, 5.74) is 13.5. The number of fused-ring (bicyclic) bond motifs is 5. The van der Waals surface area contributed by atoms with E-state index in [0.29, 0.717) is 17.4 Å². The van der Waals surface area contributed by atoms with Gasteiger partial charge in [-0.25, -0.2) is 0 Å². The first kappa shape index (κ1) is 28.3. The zero-order valence-electron chi connectivity index (χ0n) is 28.0. The van der Waals surface area contributed by atoms with Crippen molar-refractivity contribution in [3.8, 4) is 22.9 Å². The third kappa shape index (κ3) is 3.69. The Labute approximate surface area is 293 Å². The zero-order valence-corrected chi connectivity index (χ0v) is 28.0. The highest BCUT2D eigenvalue weighted by Gasteiger charge is 2.61. The van der Waals surface area contributed by atoms with E-state index in [2.05, 4.69) is 143 Å². The van der Waals surface area contributed by atoms with Gasteiger partial charge in [0.2, 0.25) is 0 Å². The number of hydrogen-bond donors (Lipinski definition) is 0. The third-order valence-electron chi connectivity index (χ3n) is 13.0. The second kappa shape index (κ2) is 10.5. The predicted octanol–water partition coefficient (Wildman–Crippen LogP) is 11.8. The summed E-state index contributed by atoms with van der Waals surface area (Å²) in [5, 5.41) is 12.0. The lowest BCUT2D eigenvalue weighted by Crippen LogP contribution is -2.57. The first-order valence-electron chi connectivity index (χ1n) is 18.3. The molecule has 0 saturated heterocycles. The van der Waals surface area contributed by atoms with Crippen LogP contribution in [-0.4, -0.2) is 4.57 Å². The van der Waals surface area contributed by atoms with Crippen molar-refractivity contribution in [1.29, 1.82) is 5.26 Å². The zero-order chi connectivity index (χ0) is 33.0. The largest absolute Gasteiger partial charge is 0.309 e. The van der Waals surface area contributed by atoms with E-state index in [1.54, 1.807) is 0 Å². The lowest BCUT2D eigenvalue weighted by atomic mass is 9.41. The van der Waals surface area contributed by atoms with Crippen molar-refractivity contribution in [3.63, 3.8) is 0 Å². The number of rotatable bonds is 3. The van der Waals surface area contributed by atoms with Gasteiger partial charge in [-0.15, -0.1) is 0 Å². The number of benzene rings is 6. The summed E-state index contributed by atoms with van der Waals surface area (Å²) in [6.45, 7) is 0. The smallest absolute Gasteiger partial charge is 0.0991 e. The van der Waals surface area contributed by atoms with Crippen LogP contribution in [0.1, 0.15) is 48.8 Å². The Balaban J connectivity index is 1.15. The van der Waals surface area contributed by atoms with Crippen LogP contribution >= 0.6 is 0 Å². The topological polar surface area (TPSA) is 32.0 Å². The van der Waals surface area contributed by atoms with Gasteiger partial charge in [-0.1, -0.05) is 91.0 Å². The molecule has 50 heavy (non-hydrogen) atoms. The fourth-order valence-electron chi connectivity index (χ4n) is 11.5.